The summed E-state index contributed by atoms with van der Waals surface area (Å²) in [6.07, 6.45) is 0. The van der Waals surface area contributed by atoms with E-state index >= 15 is 0 Å². The van der Waals surface area contributed by atoms with Crippen LogP contribution >= 0.6 is 0 Å². The Kier molecular flexibility index (Phi) is 5.16. The molecule has 0 radical (unpaired) electrons. The standard InChI is InChI=1S/C19H20FN5O2/c1-12(2)25-17-9-4-13(10-16(17)22-23-25)19(27)24(3)11-18(26)21-15-7-5-14(20)6-8-15/h4-10,12H,11H2,1-3H3,(H,21,26). The van der Waals surface area contributed by atoms with Crippen LogP contribution in [0.4, 0.5) is 10.1 Å². The maximum atomic E-state index is 12.9. The largest absolute Gasteiger partial charge is 0.332 e. The van der Waals surface area contributed by atoms with E-state index in [1.807, 2.05) is 13.8 Å². The van der Waals surface area contributed by atoms with Gasteiger partial charge in [-0.2, -0.15) is 0 Å². The number of nitrogens with zero attached hydrogens (tertiary/aromatic N) is 4. The van der Waals surface area contributed by atoms with E-state index < -0.39 is 0 Å². The zero-order chi connectivity index (χ0) is 19.6. The Hall–Kier alpha value is -3.29. The SMILES string of the molecule is CC(C)n1nnc2cc(C(=O)N(C)CC(=O)Nc3ccc(F)cc3)ccc21. The van der Waals surface area contributed by atoms with Gasteiger partial charge in [-0.3, -0.25) is 9.59 Å². The molecule has 7 nitrogen and oxygen atoms in total. The summed E-state index contributed by atoms with van der Waals surface area (Å²) in [5.74, 6) is -1.06. The summed E-state index contributed by atoms with van der Waals surface area (Å²) in [4.78, 5) is 26.0. The lowest BCUT2D eigenvalue weighted by Gasteiger charge is -2.17. The van der Waals surface area contributed by atoms with Gasteiger partial charge in [-0.25, -0.2) is 9.07 Å². The first-order chi connectivity index (χ1) is 12.8. The number of anilines is 1. The molecule has 1 aromatic heterocycles. The fourth-order valence-corrected chi connectivity index (χ4v) is 2.70. The van der Waals surface area contributed by atoms with Gasteiger partial charge in [0.2, 0.25) is 5.91 Å². The molecule has 0 atom stereocenters. The Balaban J connectivity index is 1.68. The van der Waals surface area contributed by atoms with E-state index in [9.17, 15) is 14.0 Å². The highest BCUT2D eigenvalue weighted by molar-refractivity contribution is 6.00. The number of nitrogens with one attached hydrogen (secondary N) is 1. The molecule has 140 valence electrons. The van der Waals surface area contributed by atoms with E-state index in [-0.39, 0.29) is 30.2 Å². The number of rotatable bonds is 5. The van der Waals surface area contributed by atoms with Crippen LogP contribution in [-0.4, -0.2) is 45.3 Å². The van der Waals surface area contributed by atoms with Gasteiger partial charge in [0.25, 0.3) is 5.91 Å². The van der Waals surface area contributed by atoms with Gasteiger partial charge in [-0.1, -0.05) is 5.21 Å². The molecule has 27 heavy (non-hydrogen) atoms. The van der Waals surface area contributed by atoms with Crippen molar-refractivity contribution in [2.45, 2.75) is 19.9 Å². The van der Waals surface area contributed by atoms with Crippen LogP contribution in [0.1, 0.15) is 30.2 Å². The predicted octanol–water partition coefficient (Wildman–Crippen LogP) is 2.86. The average Bonchev–Trinajstić information content (AvgIpc) is 3.06. The number of halogens is 1. The van der Waals surface area contributed by atoms with Crippen LogP contribution in [0.5, 0.6) is 0 Å². The molecule has 0 aliphatic carbocycles. The van der Waals surface area contributed by atoms with E-state index in [0.29, 0.717) is 16.8 Å². The normalized spacial score (nSPS) is 11.0. The number of benzene rings is 2. The van der Waals surface area contributed by atoms with Gasteiger partial charge in [0, 0.05) is 24.3 Å². The molecule has 0 saturated heterocycles. The summed E-state index contributed by atoms with van der Waals surface area (Å²) in [5.41, 5.74) is 2.36. The van der Waals surface area contributed by atoms with Gasteiger partial charge in [0.05, 0.1) is 12.1 Å². The quantitative estimate of drug-likeness (QED) is 0.750. The molecule has 0 fully saturated rings. The van der Waals surface area contributed by atoms with Gasteiger partial charge in [0.15, 0.2) is 0 Å². The Morgan fingerprint density at radius 2 is 1.89 bits per heavy atom. The van der Waals surface area contributed by atoms with Gasteiger partial charge >= 0.3 is 0 Å². The molecule has 3 rings (SSSR count). The smallest absolute Gasteiger partial charge is 0.254 e. The first kappa shape index (κ1) is 18.5. The van der Waals surface area contributed by atoms with Crippen molar-refractivity contribution in [3.05, 3.63) is 53.8 Å². The molecule has 0 saturated carbocycles. The van der Waals surface area contributed by atoms with Crippen LogP contribution in [0.25, 0.3) is 11.0 Å². The van der Waals surface area contributed by atoms with Crippen LogP contribution in [-0.2, 0) is 4.79 Å². The molecule has 1 N–H and O–H groups in total. The van der Waals surface area contributed by atoms with Crippen molar-refractivity contribution < 1.29 is 14.0 Å². The summed E-state index contributed by atoms with van der Waals surface area (Å²) in [5, 5.41) is 10.8. The van der Waals surface area contributed by atoms with Gasteiger partial charge in [0.1, 0.15) is 11.3 Å². The van der Waals surface area contributed by atoms with Crippen molar-refractivity contribution in [1.82, 2.24) is 19.9 Å². The van der Waals surface area contributed by atoms with Crippen molar-refractivity contribution in [3.63, 3.8) is 0 Å². The molecule has 8 heteroatoms. The van der Waals surface area contributed by atoms with Crippen LogP contribution in [0.2, 0.25) is 0 Å². The topological polar surface area (TPSA) is 80.1 Å². The number of amides is 2. The summed E-state index contributed by atoms with van der Waals surface area (Å²) in [6, 6.07) is 10.7. The molecule has 1 heterocycles. The highest BCUT2D eigenvalue weighted by Gasteiger charge is 2.17. The first-order valence-electron chi connectivity index (χ1n) is 8.51. The third-order valence-electron chi connectivity index (χ3n) is 4.06. The highest BCUT2D eigenvalue weighted by atomic mass is 19.1. The van der Waals surface area contributed by atoms with E-state index in [1.165, 1.54) is 29.2 Å². The molecule has 0 unspecified atom stereocenters. The third kappa shape index (κ3) is 4.11. The number of hydrogen-bond donors (Lipinski definition) is 1. The van der Waals surface area contributed by atoms with Crippen LogP contribution < -0.4 is 5.32 Å². The predicted molar refractivity (Wildman–Crippen MR) is 99.9 cm³/mol. The summed E-state index contributed by atoms with van der Waals surface area (Å²) in [6.45, 7) is 3.87. The minimum Gasteiger partial charge on any atom is -0.332 e. The second kappa shape index (κ2) is 7.53. The van der Waals surface area contributed by atoms with Crippen LogP contribution in [0.15, 0.2) is 42.5 Å². The molecular formula is C19H20FN5O2. The fraction of sp³-hybridized carbons (Fsp3) is 0.263. The molecule has 0 bridgehead atoms. The summed E-state index contributed by atoms with van der Waals surface area (Å²) < 4.78 is 14.7. The number of carbonyl (C=O) groups is 2. The third-order valence-corrected chi connectivity index (χ3v) is 4.06. The number of likely N-dealkylation sites (N-methyl/N-ethyl adjacent to an activating group) is 1. The fourth-order valence-electron chi connectivity index (χ4n) is 2.70. The number of carbonyl (C=O) groups excluding carboxylic acids is 2. The Morgan fingerprint density at radius 3 is 2.56 bits per heavy atom. The van der Waals surface area contributed by atoms with Crippen molar-refractivity contribution in [3.8, 4) is 0 Å². The molecule has 3 aromatic rings. The van der Waals surface area contributed by atoms with Crippen molar-refractivity contribution >= 4 is 28.5 Å². The maximum Gasteiger partial charge on any atom is 0.254 e. The van der Waals surface area contributed by atoms with E-state index in [4.69, 9.17) is 0 Å². The highest BCUT2D eigenvalue weighted by Crippen LogP contribution is 2.18. The lowest BCUT2D eigenvalue weighted by atomic mass is 10.1. The molecule has 0 spiro atoms. The molecule has 0 aliphatic heterocycles. The van der Waals surface area contributed by atoms with Crippen molar-refractivity contribution in [2.75, 3.05) is 18.9 Å². The van der Waals surface area contributed by atoms with Crippen molar-refractivity contribution in [1.29, 1.82) is 0 Å². The Morgan fingerprint density at radius 1 is 1.19 bits per heavy atom. The lowest BCUT2D eigenvalue weighted by Crippen LogP contribution is -2.34. The number of fused-ring (bicyclic) bond motifs is 1. The van der Waals surface area contributed by atoms with Gasteiger partial charge in [-0.15, -0.1) is 5.10 Å². The van der Waals surface area contributed by atoms with E-state index in [0.717, 1.165) is 5.52 Å². The zero-order valence-electron chi connectivity index (χ0n) is 15.3. The number of aromatic nitrogens is 3. The van der Waals surface area contributed by atoms with E-state index in [2.05, 4.69) is 15.6 Å². The lowest BCUT2D eigenvalue weighted by molar-refractivity contribution is -0.116. The number of hydrogen-bond acceptors (Lipinski definition) is 4. The van der Waals surface area contributed by atoms with E-state index in [1.54, 1.807) is 29.9 Å². The Bertz CT molecular complexity index is 981. The average molecular weight is 369 g/mol. The zero-order valence-corrected chi connectivity index (χ0v) is 15.3. The second-order valence-electron chi connectivity index (χ2n) is 6.55. The maximum absolute atomic E-state index is 12.9. The van der Waals surface area contributed by atoms with Crippen LogP contribution in [0, 0.1) is 5.82 Å². The van der Waals surface area contributed by atoms with Gasteiger partial charge in [-0.05, 0) is 56.3 Å². The minimum atomic E-state index is -0.384. The minimum absolute atomic E-state index is 0.132. The second-order valence-corrected chi connectivity index (χ2v) is 6.55. The summed E-state index contributed by atoms with van der Waals surface area (Å²) >= 11 is 0. The summed E-state index contributed by atoms with van der Waals surface area (Å²) in [7, 11) is 1.54. The van der Waals surface area contributed by atoms with Crippen LogP contribution in [0.3, 0.4) is 0 Å². The van der Waals surface area contributed by atoms with Crippen molar-refractivity contribution in [2.24, 2.45) is 0 Å². The molecular weight excluding hydrogens is 349 g/mol. The Labute approximate surface area is 155 Å². The molecule has 0 aliphatic rings. The van der Waals surface area contributed by atoms with Gasteiger partial charge < -0.3 is 10.2 Å². The molecule has 2 amide bonds. The monoisotopic (exact) mass is 369 g/mol. The molecule has 2 aromatic carbocycles. The first-order valence-corrected chi connectivity index (χ1v) is 8.51.